The van der Waals surface area contributed by atoms with Gasteiger partial charge >= 0.3 is 0 Å². The van der Waals surface area contributed by atoms with Crippen molar-refractivity contribution in [3.63, 3.8) is 0 Å². The third-order valence-electron chi connectivity index (χ3n) is 12.2. The molecule has 0 aliphatic rings. The normalized spacial score (nSPS) is 12.1. The van der Waals surface area contributed by atoms with Crippen LogP contribution in [0.5, 0.6) is 0 Å². The van der Waals surface area contributed by atoms with Gasteiger partial charge in [0.15, 0.2) is 5.82 Å². The molecule has 274 valence electrons. The highest BCUT2D eigenvalue weighted by Crippen LogP contribution is 2.44. The molecule has 4 heterocycles. The van der Waals surface area contributed by atoms with Crippen LogP contribution in [0.1, 0.15) is 0 Å². The SMILES string of the molecule is c1ccc(-c2nc3ccccc3nc2-n2c3ccccc3c3cc(-n4c5ccccc5c5c6c7ccccc7n(-c7ccc8ccccc8c7)c6ccc54)ccc32)cc1. The van der Waals surface area contributed by atoms with E-state index in [9.17, 15) is 0 Å². The Balaban J connectivity index is 1.08. The summed E-state index contributed by atoms with van der Waals surface area (Å²) >= 11 is 0. The summed E-state index contributed by atoms with van der Waals surface area (Å²) in [5.74, 6) is 0.816. The molecule has 9 aromatic carbocycles. The van der Waals surface area contributed by atoms with Gasteiger partial charge in [0.25, 0.3) is 0 Å². The zero-order chi connectivity index (χ0) is 38.6. The molecule has 5 nitrogen and oxygen atoms in total. The number of benzene rings is 9. The lowest BCUT2D eigenvalue weighted by Gasteiger charge is -2.14. The molecule has 0 aliphatic heterocycles. The molecule has 0 fully saturated rings. The van der Waals surface area contributed by atoms with E-state index in [-0.39, 0.29) is 0 Å². The maximum Gasteiger partial charge on any atom is 0.165 e. The second-order valence-electron chi connectivity index (χ2n) is 15.4. The second kappa shape index (κ2) is 12.2. The molecule has 0 saturated carbocycles. The predicted octanol–water partition coefficient (Wildman–Crippen LogP) is 13.7. The van der Waals surface area contributed by atoms with E-state index in [4.69, 9.17) is 9.97 Å². The molecule has 4 aromatic heterocycles. The van der Waals surface area contributed by atoms with E-state index in [1.54, 1.807) is 0 Å². The molecule has 0 atom stereocenters. The van der Waals surface area contributed by atoms with E-state index in [0.29, 0.717) is 0 Å². The van der Waals surface area contributed by atoms with Crippen LogP contribution in [0.15, 0.2) is 200 Å². The first-order valence-electron chi connectivity index (χ1n) is 20.1. The summed E-state index contributed by atoms with van der Waals surface area (Å²) < 4.78 is 7.18. The first-order valence-corrected chi connectivity index (χ1v) is 20.1. The summed E-state index contributed by atoms with van der Waals surface area (Å²) in [6.07, 6.45) is 0. The second-order valence-corrected chi connectivity index (χ2v) is 15.4. The third kappa shape index (κ3) is 4.61. The predicted molar refractivity (Wildman–Crippen MR) is 245 cm³/mol. The Kier molecular flexibility index (Phi) is 6.66. The fraction of sp³-hybridized carbons (Fsp3) is 0. The standard InChI is InChI=1S/C54H33N5/c1-2-15-35(16-3-1)53-54(56-44-22-10-9-21-43(44)55-53)59-45-23-11-6-18-39(45)42-33-38(28-29-48(42)59)58-47-25-13-8-20-41(47)52-50(58)31-30-49-51(52)40-19-7-12-24-46(40)57(49)37-27-26-34-14-4-5-17-36(34)32-37/h1-33H. The maximum absolute atomic E-state index is 5.33. The smallest absolute Gasteiger partial charge is 0.165 e. The summed E-state index contributed by atoms with van der Waals surface area (Å²) in [4.78, 5) is 10.6. The number of hydrogen-bond acceptors (Lipinski definition) is 2. The molecule has 13 rings (SSSR count). The molecule has 0 unspecified atom stereocenters. The fourth-order valence-corrected chi connectivity index (χ4v) is 9.65. The van der Waals surface area contributed by atoms with E-state index >= 15 is 0 Å². The van der Waals surface area contributed by atoms with Crippen molar-refractivity contribution in [2.24, 2.45) is 0 Å². The molecule has 0 radical (unpaired) electrons. The van der Waals surface area contributed by atoms with Gasteiger partial charge < -0.3 is 9.13 Å². The number of rotatable bonds is 4. The van der Waals surface area contributed by atoms with Crippen molar-refractivity contribution in [3.05, 3.63) is 200 Å². The highest BCUT2D eigenvalue weighted by molar-refractivity contribution is 6.29. The van der Waals surface area contributed by atoms with Gasteiger partial charge in [0.1, 0.15) is 5.69 Å². The number of nitrogens with zero attached hydrogens (tertiary/aromatic N) is 5. The Morgan fingerprint density at radius 1 is 0.305 bits per heavy atom. The van der Waals surface area contributed by atoms with Gasteiger partial charge in [0.2, 0.25) is 0 Å². The number of para-hydroxylation sites is 5. The molecular weight excluding hydrogens is 719 g/mol. The minimum atomic E-state index is 0.816. The minimum Gasteiger partial charge on any atom is -0.309 e. The van der Waals surface area contributed by atoms with E-state index in [1.165, 1.54) is 59.8 Å². The highest BCUT2D eigenvalue weighted by atomic mass is 15.1. The molecule has 0 amide bonds. The minimum absolute atomic E-state index is 0.816. The molecule has 13 aromatic rings. The average molecular weight is 752 g/mol. The highest BCUT2D eigenvalue weighted by Gasteiger charge is 2.23. The molecule has 59 heavy (non-hydrogen) atoms. The lowest BCUT2D eigenvalue weighted by Crippen LogP contribution is -2.03. The number of aromatic nitrogens is 5. The molecule has 0 aliphatic carbocycles. The Morgan fingerprint density at radius 2 is 0.797 bits per heavy atom. The van der Waals surface area contributed by atoms with Gasteiger partial charge in [-0.15, -0.1) is 0 Å². The van der Waals surface area contributed by atoms with Crippen LogP contribution in [0.2, 0.25) is 0 Å². The molecule has 0 saturated heterocycles. The first-order chi connectivity index (χ1) is 29.3. The van der Waals surface area contributed by atoms with Crippen molar-refractivity contribution in [2.45, 2.75) is 0 Å². The van der Waals surface area contributed by atoms with Crippen LogP contribution in [0.25, 0.3) is 116 Å². The largest absolute Gasteiger partial charge is 0.309 e. The Morgan fingerprint density at radius 3 is 1.49 bits per heavy atom. The van der Waals surface area contributed by atoms with Crippen molar-refractivity contribution < 1.29 is 0 Å². The molecule has 0 N–H and O–H groups in total. The number of hydrogen-bond donors (Lipinski definition) is 0. The zero-order valence-corrected chi connectivity index (χ0v) is 31.8. The van der Waals surface area contributed by atoms with Crippen LogP contribution in [-0.4, -0.2) is 23.7 Å². The van der Waals surface area contributed by atoms with Crippen LogP contribution in [0.4, 0.5) is 0 Å². The quantitative estimate of drug-likeness (QED) is 0.180. The van der Waals surface area contributed by atoms with Crippen LogP contribution in [-0.2, 0) is 0 Å². The van der Waals surface area contributed by atoms with Gasteiger partial charge in [0.05, 0.1) is 44.1 Å². The summed E-state index contributed by atoms with van der Waals surface area (Å²) in [7, 11) is 0. The van der Waals surface area contributed by atoms with Crippen molar-refractivity contribution >= 4 is 87.2 Å². The van der Waals surface area contributed by atoms with Crippen molar-refractivity contribution in [1.29, 1.82) is 0 Å². The maximum atomic E-state index is 5.33. The van der Waals surface area contributed by atoms with Gasteiger partial charge in [-0.1, -0.05) is 127 Å². The van der Waals surface area contributed by atoms with Crippen molar-refractivity contribution in [1.82, 2.24) is 23.7 Å². The number of fused-ring (bicyclic) bond motifs is 12. The van der Waals surface area contributed by atoms with Crippen LogP contribution in [0.3, 0.4) is 0 Å². The van der Waals surface area contributed by atoms with Crippen molar-refractivity contribution in [3.8, 4) is 28.5 Å². The lowest BCUT2D eigenvalue weighted by molar-refractivity contribution is 1.08. The van der Waals surface area contributed by atoms with Gasteiger partial charge in [-0.2, -0.15) is 0 Å². The van der Waals surface area contributed by atoms with Crippen LogP contribution < -0.4 is 0 Å². The molecule has 0 spiro atoms. The Hall–Kier alpha value is -8.02. The van der Waals surface area contributed by atoms with Crippen molar-refractivity contribution in [2.75, 3.05) is 0 Å². The Bertz CT molecular complexity index is 3850. The monoisotopic (exact) mass is 751 g/mol. The summed E-state index contributed by atoms with van der Waals surface area (Å²) in [5, 5.41) is 9.80. The average Bonchev–Trinajstić information content (AvgIpc) is 3.94. The zero-order valence-electron chi connectivity index (χ0n) is 31.8. The van der Waals surface area contributed by atoms with E-state index < -0.39 is 0 Å². The lowest BCUT2D eigenvalue weighted by atomic mass is 10.1. The van der Waals surface area contributed by atoms with Gasteiger partial charge in [-0.25, -0.2) is 9.97 Å². The van der Waals surface area contributed by atoms with E-state index in [2.05, 4.69) is 184 Å². The van der Waals surface area contributed by atoms with E-state index in [0.717, 1.165) is 55.9 Å². The van der Waals surface area contributed by atoms with Crippen LogP contribution in [0, 0.1) is 0 Å². The molecular formula is C54H33N5. The van der Waals surface area contributed by atoms with Gasteiger partial charge in [-0.05, 0) is 83.6 Å². The summed E-state index contributed by atoms with van der Waals surface area (Å²) in [6, 6.07) is 71.8. The van der Waals surface area contributed by atoms with Gasteiger partial charge in [-0.3, -0.25) is 4.57 Å². The Labute approximate surface area is 338 Å². The molecule has 5 heteroatoms. The summed E-state index contributed by atoms with van der Waals surface area (Å²) in [5.41, 5.74) is 12.8. The topological polar surface area (TPSA) is 40.6 Å². The fourth-order valence-electron chi connectivity index (χ4n) is 9.65. The molecule has 0 bridgehead atoms. The third-order valence-corrected chi connectivity index (χ3v) is 12.2. The first kappa shape index (κ1) is 32.1. The van der Waals surface area contributed by atoms with Crippen LogP contribution >= 0.6 is 0 Å². The summed E-state index contributed by atoms with van der Waals surface area (Å²) in [6.45, 7) is 0. The van der Waals surface area contributed by atoms with Gasteiger partial charge in [0, 0.05) is 49.3 Å². The van der Waals surface area contributed by atoms with E-state index in [1.807, 2.05) is 30.3 Å².